The second kappa shape index (κ2) is 3.33. The van der Waals surface area contributed by atoms with Crippen LogP contribution in [0.25, 0.3) is 0 Å². The predicted octanol–water partition coefficient (Wildman–Crippen LogP) is 2.87. The molecule has 2 unspecified atom stereocenters. The summed E-state index contributed by atoms with van der Waals surface area (Å²) >= 11 is 0. The van der Waals surface area contributed by atoms with Crippen molar-refractivity contribution in [1.29, 1.82) is 0 Å². The van der Waals surface area contributed by atoms with Gasteiger partial charge in [0.2, 0.25) is 0 Å². The lowest BCUT2D eigenvalue weighted by Gasteiger charge is -2.09. The van der Waals surface area contributed by atoms with Crippen LogP contribution in [-0.2, 0) is 12.8 Å². The molecule has 0 saturated heterocycles. The highest BCUT2D eigenvalue weighted by atomic mass is 14.7. The molecule has 1 aromatic carbocycles. The van der Waals surface area contributed by atoms with Crippen molar-refractivity contribution >= 4 is 0 Å². The summed E-state index contributed by atoms with van der Waals surface area (Å²) in [5.41, 5.74) is 11.2. The van der Waals surface area contributed by atoms with E-state index in [9.17, 15) is 0 Å². The van der Waals surface area contributed by atoms with Crippen LogP contribution in [0, 0.1) is 11.3 Å². The van der Waals surface area contributed by atoms with Crippen molar-refractivity contribution in [3.05, 3.63) is 34.9 Å². The lowest BCUT2D eigenvalue weighted by Crippen LogP contribution is -2.05. The van der Waals surface area contributed by atoms with Crippen LogP contribution in [0.1, 0.15) is 42.9 Å². The number of benzene rings is 1. The summed E-state index contributed by atoms with van der Waals surface area (Å²) in [4.78, 5) is 0. The third-order valence-electron chi connectivity index (χ3n) is 4.82. The van der Waals surface area contributed by atoms with Crippen LogP contribution >= 0.6 is 0 Å². The average molecular weight is 215 g/mol. The Morgan fingerprint density at radius 3 is 2.81 bits per heavy atom. The first-order valence-electron chi connectivity index (χ1n) is 6.47. The molecule has 1 heteroatoms. The van der Waals surface area contributed by atoms with Gasteiger partial charge >= 0.3 is 0 Å². The van der Waals surface area contributed by atoms with Gasteiger partial charge in [-0.3, -0.25) is 0 Å². The van der Waals surface area contributed by atoms with Crippen LogP contribution < -0.4 is 5.73 Å². The molecule has 0 aliphatic heterocycles. The van der Waals surface area contributed by atoms with Gasteiger partial charge in [0.25, 0.3) is 0 Å². The minimum Gasteiger partial charge on any atom is -0.330 e. The predicted molar refractivity (Wildman–Crippen MR) is 67.5 cm³/mol. The summed E-state index contributed by atoms with van der Waals surface area (Å²) in [6.07, 6.45) is 3.91. The molecule has 1 fully saturated rings. The highest BCUT2D eigenvalue weighted by Crippen LogP contribution is 2.64. The Kier molecular flexibility index (Phi) is 2.16. The standard InChI is InChI=1S/C15H21N/c1-15(2)13(9-16)14(15)12-8-4-6-10-5-3-7-11(10)12/h4,6,8,13-14H,3,5,7,9,16H2,1-2H3. The van der Waals surface area contributed by atoms with Crippen LogP contribution in [0.2, 0.25) is 0 Å². The van der Waals surface area contributed by atoms with Gasteiger partial charge in [-0.2, -0.15) is 0 Å². The summed E-state index contributed by atoms with van der Waals surface area (Å²) in [7, 11) is 0. The molecule has 2 N–H and O–H groups in total. The van der Waals surface area contributed by atoms with Crippen LogP contribution in [-0.4, -0.2) is 6.54 Å². The Labute approximate surface area is 98.0 Å². The van der Waals surface area contributed by atoms with Crippen molar-refractivity contribution in [3.63, 3.8) is 0 Å². The minimum absolute atomic E-state index is 0.423. The van der Waals surface area contributed by atoms with Gasteiger partial charge in [-0.15, -0.1) is 0 Å². The van der Waals surface area contributed by atoms with E-state index in [1.807, 2.05) is 0 Å². The second-order valence-corrected chi connectivity index (χ2v) is 5.98. The first-order valence-corrected chi connectivity index (χ1v) is 6.47. The molecular formula is C15H21N. The molecule has 0 aromatic heterocycles. The van der Waals surface area contributed by atoms with Gasteiger partial charge < -0.3 is 5.73 Å². The second-order valence-electron chi connectivity index (χ2n) is 5.98. The molecule has 0 spiro atoms. The fourth-order valence-corrected chi connectivity index (χ4v) is 3.74. The molecule has 2 aliphatic carbocycles. The number of hydrogen-bond acceptors (Lipinski definition) is 1. The summed E-state index contributed by atoms with van der Waals surface area (Å²) in [6.45, 7) is 5.56. The van der Waals surface area contributed by atoms with Crippen molar-refractivity contribution in [1.82, 2.24) is 0 Å². The van der Waals surface area contributed by atoms with Crippen molar-refractivity contribution in [2.24, 2.45) is 17.1 Å². The SMILES string of the molecule is CC1(C)C(CN)C1c1cccc2c1CCC2. The molecular weight excluding hydrogens is 194 g/mol. The Morgan fingerprint density at radius 1 is 1.31 bits per heavy atom. The van der Waals surface area contributed by atoms with Crippen LogP contribution in [0.15, 0.2) is 18.2 Å². The number of aryl methyl sites for hydroxylation is 1. The third kappa shape index (κ3) is 1.27. The number of fused-ring (bicyclic) bond motifs is 1. The van der Waals surface area contributed by atoms with E-state index in [-0.39, 0.29) is 0 Å². The summed E-state index contributed by atoms with van der Waals surface area (Å²) in [5, 5.41) is 0. The van der Waals surface area contributed by atoms with Gasteiger partial charge in [0.1, 0.15) is 0 Å². The maximum atomic E-state index is 5.88. The van der Waals surface area contributed by atoms with E-state index in [0.717, 1.165) is 6.54 Å². The molecule has 2 atom stereocenters. The highest BCUT2D eigenvalue weighted by Gasteiger charge is 2.57. The Morgan fingerprint density at radius 2 is 2.12 bits per heavy atom. The van der Waals surface area contributed by atoms with E-state index in [2.05, 4.69) is 32.0 Å². The minimum atomic E-state index is 0.423. The normalized spacial score (nSPS) is 30.2. The Hall–Kier alpha value is -0.820. The molecule has 1 nitrogen and oxygen atoms in total. The summed E-state index contributed by atoms with van der Waals surface area (Å²) < 4.78 is 0. The maximum Gasteiger partial charge on any atom is -0.00375 e. The molecule has 1 aromatic rings. The number of rotatable bonds is 2. The fraction of sp³-hybridized carbons (Fsp3) is 0.600. The first-order chi connectivity index (χ1) is 7.66. The molecule has 0 radical (unpaired) electrons. The molecule has 3 rings (SSSR count). The smallest absolute Gasteiger partial charge is 0.00375 e. The van der Waals surface area contributed by atoms with Gasteiger partial charge in [-0.05, 0) is 59.7 Å². The molecule has 0 amide bonds. The average Bonchev–Trinajstić information content (AvgIpc) is 2.65. The van der Waals surface area contributed by atoms with Crippen molar-refractivity contribution in [2.45, 2.75) is 39.0 Å². The molecule has 0 bridgehead atoms. The van der Waals surface area contributed by atoms with Crippen LogP contribution in [0.3, 0.4) is 0 Å². The molecule has 0 heterocycles. The van der Waals surface area contributed by atoms with Crippen molar-refractivity contribution in [2.75, 3.05) is 6.54 Å². The van der Waals surface area contributed by atoms with E-state index in [0.29, 0.717) is 17.3 Å². The molecule has 1 saturated carbocycles. The monoisotopic (exact) mass is 215 g/mol. The maximum absolute atomic E-state index is 5.88. The summed E-state index contributed by atoms with van der Waals surface area (Å²) in [5.74, 6) is 1.41. The van der Waals surface area contributed by atoms with E-state index in [1.54, 1.807) is 16.7 Å². The van der Waals surface area contributed by atoms with Crippen LogP contribution in [0.4, 0.5) is 0 Å². The Bertz CT molecular complexity index is 419. The van der Waals surface area contributed by atoms with Gasteiger partial charge in [0.15, 0.2) is 0 Å². The van der Waals surface area contributed by atoms with Gasteiger partial charge in [-0.1, -0.05) is 32.0 Å². The quantitative estimate of drug-likeness (QED) is 0.806. The van der Waals surface area contributed by atoms with Gasteiger partial charge in [-0.25, -0.2) is 0 Å². The van der Waals surface area contributed by atoms with Crippen LogP contribution in [0.5, 0.6) is 0 Å². The zero-order valence-electron chi connectivity index (χ0n) is 10.3. The topological polar surface area (TPSA) is 26.0 Å². The zero-order valence-corrected chi connectivity index (χ0v) is 10.3. The van der Waals surface area contributed by atoms with E-state index in [1.165, 1.54) is 19.3 Å². The molecule has 86 valence electrons. The van der Waals surface area contributed by atoms with Gasteiger partial charge in [0.05, 0.1) is 0 Å². The largest absolute Gasteiger partial charge is 0.330 e. The van der Waals surface area contributed by atoms with E-state index < -0.39 is 0 Å². The fourth-order valence-electron chi connectivity index (χ4n) is 3.74. The number of nitrogens with two attached hydrogens (primary N) is 1. The van der Waals surface area contributed by atoms with E-state index in [4.69, 9.17) is 5.73 Å². The molecule has 2 aliphatic rings. The lowest BCUT2D eigenvalue weighted by atomic mass is 9.96. The first kappa shape index (κ1) is 10.3. The zero-order chi connectivity index (χ0) is 11.3. The summed E-state index contributed by atoms with van der Waals surface area (Å²) in [6, 6.07) is 6.88. The third-order valence-corrected chi connectivity index (χ3v) is 4.82. The lowest BCUT2D eigenvalue weighted by molar-refractivity contribution is 0.558. The van der Waals surface area contributed by atoms with Crippen molar-refractivity contribution in [3.8, 4) is 0 Å². The Balaban J connectivity index is 2.00. The van der Waals surface area contributed by atoms with Crippen molar-refractivity contribution < 1.29 is 0 Å². The van der Waals surface area contributed by atoms with Gasteiger partial charge in [0, 0.05) is 0 Å². The highest BCUT2D eigenvalue weighted by molar-refractivity contribution is 5.45. The van der Waals surface area contributed by atoms with E-state index >= 15 is 0 Å². The molecule has 16 heavy (non-hydrogen) atoms. The number of hydrogen-bond donors (Lipinski definition) is 1.